The third-order valence-electron chi connectivity index (χ3n) is 4.05. The molecule has 1 spiro atoms. The molecular weight excluding hydrogens is 230 g/mol. The van der Waals surface area contributed by atoms with Crippen LogP contribution in [0.15, 0.2) is 24.3 Å². The largest absolute Gasteiger partial charge is 0.478 e. The molecule has 4 nitrogen and oxygen atoms in total. The van der Waals surface area contributed by atoms with Gasteiger partial charge in [-0.2, -0.15) is 0 Å². The standard InChI is InChI=1S/C14H15NO3/c16-12-5-6-14(7-8-14)9-15(12)11-3-1-10(2-4-11)13(17)18/h1-4H,5-9H2,(H,17,18). The number of hydrogen-bond donors (Lipinski definition) is 1. The number of carbonyl (C=O) groups excluding carboxylic acids is 1. The van der Waals surface area contributed by atoms with Crippen LogP contribution in [0.3, 0.4) is 0 Å². The molecule has 0 aromatic heterocycles. The first kappa shape index (κ1) is 11.3. The quantitative estimate of drug-likeness (QED) is 0.869. The fourth-order valence-corrected chi connectivity index (χ4v) is 2.61. The summed E-state index contributed by atoms with van der Waals surface area (Å²) in [5, 5.41) is 8.85. The van der Waals surface area contributed by atoms with Gasteiger partial charge < -0.3 is 10.0 Å². The second kappa shape index (κ2) is 3.83. The van der Waals surface area contributed by atoms with Crippen LogP contribution in [0.2, 0.25) is 0 Å². The number of rotatable bonds is 2. The Bertz CT molecular complexity index is 502. The third kappa shape index (κ3) is 1.88. The second-order valence-electron chi connectivity index (χ2n) is 5.33. The van der Waals surface area contributed by atoms with Crippen LogP contribution in [0, 0.1) is 5.41 Å². The average molecular weight is 245 g/mol. The number of carboxylic acids is 1. The van der Waals surface area contributed by atoms with Gasteiger partial charge in [-0.05, 0) is 48.9 Å². The molecule has 1 amide bonds. The van der Waals surface area contributed by atoms with E-state index in [0.29, 0.717) is 11.8 Å². The van der Waals surface area contributed by atoms with Gasteiger partial charge in [0.05, 0.1) is 5.56 Å². The highest BCUT2D eigenvalue weighted by Gasteiger charge is 2.47. The number of hydrogen-bond acceptors (Lipinski definition) is 2. The van der Waals surface area contributed by atoms with Gasteiger partial charge >= 0.3 is 5.97 Å². The molecule has 1 saturated heterocycles. The number of aromatic carboxylic acids is 1. The maximum atomic E-state index is 11.9. The van der Waals surface area contributed by atoms with Crippen molar-refractivity contribution < 1.29 is 14.7 Å². The Morgan fingerprint density at radius 2 is 1.83 bits per heavy atom. The number of anilines is 1. The van der Waals surface area contributed by atoms with E-state index in [1.807, 2.05) is 4.90 Å². The van der Waals surface area contributed by atoms with E-state index in [1.54, 1.807) is 24.3 Å². The Kier molecular flexibility index (Phi) is 2.40. The minimum Gasteiger partial charge on any atom is -0.478 e. The Morgan fingerprint density at radius 3 is 2.39 bits per heavy atom. The molecule has 1 N–H and O–H groups in total. The van der Waals surface area contributed by atoms with Gasteiger partial charge in [0.2, 0.25) is 5.91 Å². The monoisotopic (exact) mass is 245 g/mol. The van der Waals surface area contributed by atoms with Crippen LogP contribution in [0.25, 0.3) is 0 Å². The SMILES string of the molecule is O=C(O)c1ccc(N2CC3(CCC2=O)CC3)cc1. The van der Waals surface area contributed by atoms with Crippen molar-refractivity contribution in [2.75, 3.05) is 11.4 Å². The van der Waals surface area contributed by atoms with E-state index in [2.05, 4.69) is 0 Å². The Morgan fingerprint density at radius 1 is 1.17 bits per heavy atom. The zero-order chi connectivity index (χ0) is 12.8. The molecule has 1 saturated carbocycles. The summed E-state index contributed by atoms with van der Waals surface area (Å²) in [6.07, 6.45) is 4.05. The van der Waals surface area contributed by atoms with E-state index >= 15 is 0 Å². The van der Waals surface area contributed by atoms with Gasteiger partial charge in [-0.1, -0.05) is 0 Å². The highest BCUT2D eigenvalue weighted by atomic mass is 16.4. The van der Waals surface area contributed by atoms with Crippen LogP contribution in [0.1, 0.15) is 36.0 Å². The average Bonchev–Trinajstić information content (AvgIpc) is 3.13. The van der Waals surface area contributed by atoms with Gasteiger partial charge in [0.15, 0.2) is 0 Å². The van der Waals surface area contributed by atoms with Gasteiger partial charge in [-0.3, -0.25) is 4.79 Å². The summed E-state index contributed by atoms with van der Waals surface area (Å²) in [6.45, 7) is 0.790. The van der Waals surface area contributed by atoms with Crippen molar-refractivity contribution in [1.82, 2.24) is 0 Å². The zero-order valence-electron chi connectivity index (χ0n) is 10.1. The first-order valence-corrected chi connectivity index (χ1v) is 6.23. The first-order chi connectivity index (χ1) is 8.60. The van der Waals surface area contributed by atoms with Crippen molar-refractivity contribution in [2.45, 2.75) is 25.7 Å². The molecule has 18 heavy (non-hydrogen) atoms. The third-order valence-corrected chi connectivity index (χ3v) is 4.05. The van der Waals surface area contributed by atoms with Crippen molar-refractivity contribution in [3.8, 4) is 0 Å². The Hall–Kier alpha value is -1.84. The van der Waals surface area contributed by atoms with E-state index in [1.165, 1.54) is 12.8 Å². The highest BCUT2D eigenvalue weighted by Crippen LogP contribution is 2.52. The number of nitrogens with zero attached hydrogens (tertiary/aromatic N) is 1. The molecule has 1 aromatic carbocycles. The lowest BCUT2D eigenvalue weighted by Gasteiger charge is -2.32. The zero-order valence-corrected chi connectivity index (χ0v) is 10.1. The van der Waals surface area contributed by atoms with E-state index in [4.69, 9.17) is 5.11 Å². The molecule has 0 radical (unpaired) electrons. The normalized spacial score (nSPS) is 21.1. The van der Waals surface area contributed by atoms with Crippen molar-refractivity contribution in [3.63, 3.8) is 0 Å². The van der Waals surface area contributed by atoms with Gasteiger partial charge in [0.25, 0.3) is 0 Å². The summed E-state index contributed by atoms with van der Waals surface area (Å²) in [5.41, 5.74) is 1.43. The summed E-state index contributed by atoms with van der Waals surface area (Å²) >= 11 is 0. The summed E-state index contributed by atoms with van der Waals surface area (Å²) in [6, 6.07) is 6.56. The van der Waals surface area contributed by atoms with Crippen LogP contribution in [0.4, 0.5) is 5.69 Å². The van der Waals surface area contributed by atoms with E-state index in [9.17, 15) is 9.59 Å². The number of piperidine rings is 1. The van der Waals surface area contributed by atoms with Crippen LogP contribution in [-0.2, 0) is 4.79 Å². The van der Waals surface area contributed by atoms with Crippen LogP contribution in [0.5, 0.6) is 0 Å². The van der Waals surface area contributed by atoms with Gasteiger partial charge in [-0.15, -0.1) is 0 Å². The molecule has 1 aliphatic carbocycles. The van der Waals surface area contributed by atoms with Crippen molar-refractivity contribution in [1.29, 1.82) is 0 Å². The summed E-state index contributed by atoms with van der Waals surface area (Å²) in [7, 11) is 0. The predicted molar refractivity (Wildman–Crippen MR) is 66.7 cm³/mol. The molecule has 0 atom stereocenters. The molecular formula is C14H15NO3. The van der Waals surface area contributed by atoms with E-state index < -0.39 is 5.97 Å². The van der Waals surface area contributed by atoms with Crippen LogP contribution < -0.4 is 4.90 Å². The van der Waals surface area contributed by atoms with Crippen LogP contribution >= 0.6 is 0 Å². The highest BCUT2D eigenvalue weighted by molar-refractivity contribution is 5.95. The van der Waals surface area contributed by atoms with Crippen molar-refractivity contribution in [2.24, 2.45) is 5.41 Å². The number of amides is 1. The molecule has 3 rings (SSSR count). The lowest BCUT2D eigenvalue weighted by atomic mass is 9.94. The molecule has 1 aromatic rings. The van der Waals surface area contributed by atoms with Gasteiger partial charge in [-0.25, -0.2) is 4.79 Å². The molecule has 2 fully saturated rings. The summed E-state index contributed by atoms with van der Waals surface area (Å²) < 4.78 is 0. The van der Waals surface area contributed by atoms with Crippen LogP contribution in [-0.4, -0.2) is 23.5 Å². The topological polar surface area (TPSA) is 57.6 Å². The fourth-order valence-electron chi connectivity index (χ4n) is 2.61. The van der Waals surface area contributed by atoms with Crippen molar-refractivity contribution in [3.05, 3.63) is 29.8 Å². The molecule has 4 heteroatoms. The molecule has 0 bridgehead atoms. The van der Waals surface area contributed by atoms with Crippen molar-refractivity contribution >= 4 is 17.6 Å². The molecule has 94 valence electrons. The van der Waals surface area contributed by atoms with Gasteiger partial charge in [0.1, 0.15) is 0 Å². The second-order valence-corrected chi connectivity index (χ2v) is 5.33. The number of carboxylic acid groups (broad SMARTS) is 1. The molecule has 1 aliphatic heterocycles. The lowest BCUT2D eigenvalue weighted by Crippen LogP contribution is -2.41. The minimum absolute atomic E-state index is 0.149. The summed E-state index contributed by atoms with van der Waals surface area (Å²) in [4.78, 5) is 24.5. The molecule has 0 unspecified atom stereocenters. The summed E-state index contributed by atoms with van der Waals surface area (Å²) in [5.74, 6) is -0.791. The number of carbonyl (C=O) groups is 2. The van der Waals surface area contributed by atoms with E-state index in [0.717, 1.165) is 18.7 Å². The Balaban J connectivity index is 1.84. The molecule has 2 aliphatic rings. The fraction of sp³-hybridized carbons (Fsp3) is 0.429. The Labute approximate surface area is 105 Å². The first-order valence-electron chi connectivity index (χ1n) is 6.23. The smallest absolute Gasteiger partial charge is 0.335 e. The number of benzene rings is 1. The lowest BCUT2D eigenvalue weighted by molar-refractivity contribution is -0.120. The van der Waals surface area contributed by atoms with Gasteiger partial charge in [0, 0.05) is 18.7 Å². The maximum absolute atomic E-state index is 11.9. The minimum atomic E-state index is -0.940. The molecule has 1 heterocycles. The predicted octanol–water partition coefficient (Wildman–Crippen LogP) is 2.29. The van der Waals surface area contributed by atoms with E-state index in [-0.39, 0.29) is 11.5 Å². The maximum Gasteiger partial charge on any atom is 0.335 e.